The third-order valence-electron chi connectivity index (χ3n) is 2.65. The van der Waals surface area contributed by atoms with Crippen molar-refractivity contribution < 1.29 is 23.0 Å². The summed E-state index contributed by atoms with van der Waals surface area (Å²) in [6.07, 6.45) is 0. The molecule has 0 N–H and O–H groups in total. The van der Waals surface area contributed by atoms with Crippen LogP contribution in [0.2, 0.25) is 5.02 Å². The molecule has 0 bridgehead atoms. The first kappa shape index (κ1) is 16.6. The van der Waals surface area contributed by atoms with Crippen LogP contribution in [0, 0.1) is 6.92 Å². The molecule has 0 unspecified atom stereocenters. The van der Waals surface area contributed by atoms with E-state index >= 15 is 0 Å². The number of rotatable bonds is 5. The van der Waals surface area contributed by atoms with Crippen molar-refractivity contribution in [3.63, 3.8) is 0 Å². The molecule has 0 aliphatic heterocycles. The van der Waals surface area contributed by atoms with Crippen molar-refractivity contribution in [2.24, 2.45) is 0 Å². The molecule has 0 amide bonds. The summed E-state index contributed by atoms with van der Waals surface area (Å²) in [6.45, 7) is 0.610. The van der Waals surface area contributed by atoms with Gasteiger partial charge in [-0.1, -0.05) is 11.6 Å². The summed E-state index contributed by atoms with van der Waals surface area (Å²) in [5.41, 5.74) is 0.762. The molecule has 22 heavy (non-hydrogen) atoms. The monoisotopic (exact) mass is 347 g/mol. The highest BCUT2D eigenvalue weighted by Gasteiger charge is 2.20. The molecule has 1 heterocycles. The van der Waals surface area contributed by atoms with Crippen LogP contribution < -0.4 is 4.74 Å². The van der Waals surface area contributed by atoms with Gasteiger partial charge in [0.25, 0.3) is 0 Å². The Morgan fingerprint density at radius 3 is 2.82 bits per heavy atom. The minimum Gasteiger partial charge on any atom is -0.462 e. The minimum atomic E-state index is -2.97. The van der Waals surface area contributed by atoms with Crippen molar-refractivity contribution in [2.75, 3.05) is 6.61 Å². The van der Waals surface area contributed by atoms with Crippen LogP contribution >= 0.6 is 22.9 Å². The number of alkyl halides is 2. The number of carbonyl (C=O) groups excluding carboxylic acids is 1. The summed E-state index contributed by atoms with van der Waals surface area (Å²) >= 11 is 6.95. The molecule has 0 spiro atoms. The first-order valence-electron chi connectivity index (χ1n) is 6.31. The summed E-state index contributed by atoms with van der Waals surface area (Å²) in [5, 5.41) is 0.709. The Bertz CT molecular complexity index is 691. The van der Waals surface area contributed by atoms with Gasteiger partial charge in [0.2, 0.25) is 0 Å². The topological polar surface area (TPSA) is 48.4 Å². The lowest BCUT2D eigenvalue weighted by Gasteiger charge is -2.09. The number of carbonyl (C=O) groups is 1. The first-order chi connectivity index (χ1) is 10.4. The second-order valence-electron chi connectivity index (χ2n) is 4.17. The summed E-state index contributed by atoms with van der Waals surface area (Å²) < 4.78 is 34.4. The first-order valence-corrected chi connectivity index (χ1v) is 7.51. The van der Waals surface area contributed by atoms with Crippen LogP contribution in [0.3, 0.4) is 0 Å². The van der Waals surface area contributed by atoms with E-state index < -0.39 is 12.6 Å². The van der Waals surface area contributed by atoms with E-state index in [1.165, 1.54) is 18.2 Å². The van der Waals surface area contributed by atoms with E-state index in [1.54, 1.807) is 13.8 Å². The number of thiazole rings is 1. The molecule has 0 aliphatic carbocycles. The van der Waals surface area contributed by atoms with Crippen molar-refractivity contribution in [2.45, 2.75) is 20.5 Å². The Balaban J connectivity index is 2.45. The quantitative estimate of drug-likeness (QED) is 0.744. The van der Waals surface area contributed by atoms with E-state index in [9.17, 15) is 13.6 Å². The van der Waals surface area contributed by atoms with E-state index in [-0.39, 0.29) is 12.4 Å². The highest BCUT2D eigenvalue weighted by Crippen LogP contribution is 2.37. The third-order valence-corrected chi connectivity index (χ3v) is 4.05. The van der Waals surface area contributed by atoms with Crippen molar-refractivity contribution in [3.05, 3.63) is 33.8 Å². The largest absolute Gasteiger partial charge is 0.462 e. The molecular formula is C14H12ClF2NO3S. The number of halogens is 3. The zero-order valence-electron chi connectivity index (χ0n) is 11.7. The maximum atomic E-state index is 12.5. The number of aryl methyl sites for hydroxylation is 1. The lowest BCUT2D eigenvalue weighted by molar-refractivity contribution is -0.0494. The molecule has 0 aliphatic rings. The third kappa shape index (κ3) is 3.72. The van der Waals surface area contributed by atoms with E-state index in [2.05, 4.69) is 9.72 Å². The average molecular weight is 348 g/mol. The maximum absolute atomic E-state index is 12.5. The van der Waals surface area contributed by atoms with E-state index in [1.807, 2.05) is 0 Å². The molecule has 0 atom stereocenters. The van der Waals surface area contributed by atoms with Crippen LogP contribution in [0.5, 0.6) is 5.75 Å². The Hall–Kier alpha value is -1.73. The van der Waals surface area contributed by atoms with Crippen molar-refractivity contribution >= 4 is 28.9 Å². The standard InChI is InChI=1S/C14H12ClF2NO3S/c1-3-20-13(19)11-7(2)18-12(22-11)9-6-8(15)4-5-10(9)21-14(16)17/h4-6,14H,3H2,1-2H3. The van der Waals surface area contributed by atoms with Crippen molar-refractivity contribution in [3.8, 4) is 16.3 Å². The molecule has 0 radical (unpaired) electrons. The number of hydrogen-bond donors (Lipinski definition) is 0. The van der Waals surface area contributed by atoms with Gasteiger partial charge in [0, 0.05) is 5.02 Å². The predicted octanol–water partition coefficient (Wildman–Crippen LogP) is 4.55. The number of hydrogen-bond acceptors (Lipinski definition) is 5. The van der Waals surface area contributed by atoms with Gasteiger partial charge in [-0.3, -0.25) is 0 Å². The van der Waals surface area contributed by atoms with Crippen molar-refractivity contribution in [1.29, 1.82) is 0 Å². The molecule has 0 saturated carbocycles. The summed E-state index contributed by atoms with van der Waals surface area (Å²) in [6, 6.07) is 4.24. The zero-order valence-corrected chi connectivity index (χ0v) is 13.3. The zero-order chi connectivity index (χ0) is 16.3. The molecule has 0 saturated heterocycles. The highest BCUT2D eigenvalue weighted by atomic mass is 35.5. The van der Waals surface area contributed by atoms with Crippen LogP contribution in [0.4, 0.5) is 8.78 Å². The van der Waals surface area contributed by atoms with Crippen LogP contribution in [0.1, 0.15) is 22.3 Å². The van der Waals surface area contributed by atoms with Crippen LogP contribution in [0.15, 0.2) is 18.2 Å². The highest BCUT2D eigenvalue weighted by molar-refractivity contribution is 7.17. The lowest BCUT2D eigenvalue weighted by atomic mass is 10.2. The van der Waals surface area contributed by atoms with E-state index in [0.717, 1.165) is 11.3 Å². The number of benzene rings is 1. The summed E-state index contributed by atoms with van der Waals surface area (Å²) in [5.74, 6) is -0.550. The van der Waals surface area contributed by atoms with Gasteiger partial charge in [-0.2, -0.15) is 8.78 Å². The fourth-order valence-corrected chi connectivity index (χ4v) is 2.92. The normalized spacial score (nSPS) is 10.8. The molecule has 1 aromatic carbocycles. The maximum Gasteiger partial charge on any atom is 0.387 e. The van der Waals surface area contributed by atoms with Crippen LogP contribution in [-0.4, -0.2) is 24.2 Å². The molecule has 118 valence electrons. The molecule has 4 nitrogen and oxygen atoms in total. The Labute approximate surface area is 134 Å². The van der Waals surface area contributed by atoms with Gasteiger partial charge in [-0.05, 0) is 32.0 Å². The number of ether oxygens (including phenoxy) is 2. The Morgan fingerprint density at radius 1 is 1.45 bits per heavy atom. The Morgan fingerprint density at radius 2 is 2.18 bits per heavy atom. The molecule has 1 aromatic heterocycles. The predicted molar refractivity (Wildman–Crippen MR) is 79.9 cm³/mol. The lowest BCUT2D eigenvalue weighted by Crippen LogP contribution is -2.03. The SMILES string of the molecule is CCOC(=O)c1sc(-c2cc(Cl)ccc2OC(F)F)nc1C. The van der Waals surface area contributed by atoms with Gasteiger partial charge >= 0.3 is 12.6 Å². The van der Waals surface area contributed by atoms with E-state index in [4.69, 9.17) is 16.3 Å². The second-order valence-corrected chi connectivity index (χ2v) is 5.61. The number of nitrogens with zero attached hydrogens (tertiary/aromatic N) is 1. The fraction of sp³-hybridized carbons (Fsp3) is 0.286. The average Bonchev–Trinajstić information content (AvgIpc) is 2.82. The van der Waals surface area contributed by atoms with Crippen LogP contribution in [-0.2, 0) is 4.74 Å². The van der Waals surface area contributed by atoms with Gasteiger partial charge in [0.15, 0.2) is 0 Å². The molecule has 2 rings (SSSR count). The van der Waals surface area contributed by atoms with E-state index in [0.29, 0.717) is 26.2 Å². The van der Waals surface area contributed by atoms with Crippen LogP contribution in [0.25, 0.3) is 10.6 Å². The fourth-order valence-electron chi connectivity index (χ4n) is 1.77. The Kier molecular flexibility index (Phi) is 5.31. The van der Waals surface area contributed by atoms with Gasteiger partial charge in [-0.25, -0.2) is 9.78 Å². The number of esters is 1. The minimum absolute atomic E-state index is 0.0523. The van der Waals surface area contributed by atoms with Gasteiger partial charge < -0.3 is 9.47 Å². The smallest absolute Gasteiger partial charge is 0.387 e. The number of aromatic nitrogens is 1. The molecule has 2 aromatic rings. The van der Waals surface area contributed by atoms with Gasteiger partial charge in [0.05, 0.1) is 17.9 Å². The second kappa shape index (κ2) is 7.02. The van der Waals surface area contributed by atoms with Gasteiger partial charge in [0.1, 0.15) is 15.6 Å². The summed E-state index contributed by atoms with van der Waals surface area (Å²) in [7, 11) is 0. The van der Waals surface area contributed by atoms with Gasteiger partial charge in [-0.15, -0.1) is 11.3 Å². The summed E-state index contributed by atoms with van der Waals surface area (Å²) in [4.78, 5) is 16.4. The molecular weight excluding hydrogens is 336 g/mol. The van der Waals surface area contributed by atoms with Crippen molar-refractivity contribution in [1.82, 2.24) is 4.98 Å². The molecule has 8 heteroatoms. The molecule has 0 fully saturated rings.